The zero-order chi connectivity index (χ0) is 22.6. The molecule has 0 aliphatic carbocycles. The van der Waals surface area contributed by atoms with E-state index in [1.54, 1.807) is 24.3 Å². The Kier molecular flexibility index (Phi) is 16.6. The number of methoxy groups -OCH3 is 1. The van der Waals surface area contributed by atoms with Crippen LogP contribution in [0.5, 0.6) is 0 Å². The van der Waals surface area contributed by atoms with Crippen molar-refractivity contribution in [1.82, 2.24) is 5.32 Å². The van der Waals surface area contributed by atoms with Crippen LogP contribution in [0.2, 0.25) is 0 Å². The summed E-state index contributed by atoms with van der Waals surface area (Å²) >= 11 is 0. The minimum atomic E-state index is -0.389. The van der Waals surface area contributed by atoms with Crippen molar-refractivity contribution in [1.29, 1.82) is 0 Å². The first-order valence-electron chi connectivity index (χ1n) is 12.7. The van der Waals surface area contributed by atoms with Gasteiger partial charge >= 0.3 is 5.97 Å². The normalized spacial score (nSPS) is 10.8. The summed E-state index contributed by atoms with van der Waals surface area (Å²) in [6, 6.07) is 6.56. The molecule has 0 aromatic heterocycles. The molecule has 0 fully saturated rings. The first-order valence-corrected chi connectivity index (χ1v) is 12.7. The minimum Gasteiger partial charge on any atom is -0.465 e. The van der Waals surface area contributed by atoms with Crippen molar-refractivity contribution >= 4 is 11.9 Å². The summed E-state index contributed by atoms with van der Waals surface area (Å²) in [6.07, 6.45) is 21.6. The van der Waals surface area contributed by atoms with Crippen molar-refractivity contribution in [3.63, 3.8) is 0 Å². The SMILES string of the molecule is CCCCCCCCCCCCCCCCCCNC(=O)c1ccc(C(=O)OC)cc1. The predicted octanol–water partition coefficient (Wildman–Crippen LogP) is 7.46. The van der Waals surface area contributed by atoms with Crippen molar-refractivity contribution in [2.24, 2.45) is 0 Å². The standard InChI is InChI=1S/C27H45NO3/c1-3-4-5-6-7-8-9-10-11-12-13-14-15-16-17-18-23-28-26(29)24-19-21-25(22-20-24)27(30)31-2/h19-22H,3-18,23H2,1-2H3,(H,28,29). The molecule has 0 atom stereocenters. The van der Waals surface area contributed by atoms with Crippen LogP contribution < -0.4 is 5.32 Å². The quantitative estimate of drug-likeness (QED) is 0.183. The van der Waals surface area contributed by atoms with Gasteiger partial charge in [0.05, 0.1) is 12.7 Å². The highest BCUT2D eigenvalue weighted by atomic mass is 16.5. The molecule has 31 heavy (non-hydrogen) atoms. The molecule has 1 rings (SSSR count). The molecule has 0 saturated carbocycles. The van der Waals surface area contributed by atoms with Gasteiger partial charge in [0.25, 0.3) is 5.91 Å². The van der Waals surface area contributed by atoms with E-state index in [0.717, 1.165) is 6.42 Å². The van der Waals surface area contributed by atoms with Gasteiger partial charge in [0.2, 0.25) is 0 Å². The van der Waals surface area contributed by atoms with Crippen LogP contribution in [0.1, 0.15) is 130 Å². The molecule has 1 N–H and O–H groups in total. The Morgan fingerprint density at radius 1 is 0.645 bits per heavy atom. The van der Waals surface area contributed by atoms with Crippen LogP contribution >= 0.6 is 0 Å². The first kappa shape index (κ1) is 27.2. The summed E-state index contributed by atoms with van der Waals surface area (Å²) in [5, 5.41) is 2.96. The predicted molar refractivity (Wildman–Crippen MR) is 130 cm³/mol. The fourth-order valence-corrected chi connectivity index (χ4v) is 3.85. The second-order valence-corrected chi connectivity index (χ2v) is 8.63. The lowest BCUT2D eigenvalue weighted by atomic mass is 10.0. The zero-order valence-electron chi connectivity index (χ0n) is 20.1. The molecule has 0 unspecified atom stereocenters. The Balaban J connectivity index is 1.88. The molecule has 4 heteroatoms. The number of amides is 1. The van der Waals surface area contributed by atoms with Crippen LogP contribution in [-0.2, 0) is 4.74 Å². The van der Waals surface area contributed by atoms with Gasteiger partial charge in [-0.05, 0) is 30.7 Å². The zero-order valence-corrected chi connectivity index (χ0v) is 20.1. The fraction of sp³-hybridized carbons (Fsp3) is 0.704. The van der Waals surface area contributed by atoms with Gasteiger partial charge in [-0.15, -0.1) is 0 Å². The monoisotopic (exact) mass is 431 g/mol. The lowest BCUT2D eigenvalue weighted by Gasteiger charge is -2.06. The third kappa shape index (κ3) is 14.0. The van der Waals surface area contributed by atoms with E-state index >= 15 is 0 Å². The average molecular weight is 432 g/mol. The summed E-state index contributed by atoms with van der Waals surface area (Å²) in [6.45, 7) is 2.98. The van der Waals surface area contributed by atoms with Crippen LogP contribution in [-0.4, -0.2) is 25.5 Å². The first-order chi connectivity index (χ1) is 15.2. The fourth-order valence-electron chi connectivity index (χ4n) is 3.85. The van der Waals surface area contributed by atoms with Crippen LogP contribution in [0.3, 0.4) is 0 Å². The number of carbonyl (C=O) groups excluding carboxylic acids is 2. The number of ether oxygens (including phenoxy) is 1. The molecule has 176 valence electrons. The maximum absolute atomic E-state index is 12.1. The summed E-state index contributed by atoms with van der Waals surface area (Å²) < 4.78 is 4.66. The Hall–Kier alpha value is -1.84. The molecule has 0 heterocycles. The molecule has 0 aliphatic rings. The van der Waals surface area contributed by atoms with Crippen molar-refractivity contribution in [2.45, 2.75) is 110 Å². The highest BCUT2D eigenvalue weighted by Crippen LogP contribution is 2.13. The van der Waals surface area contributed by atoms with Crippen LogP contribution in [0, 0.1) is 0 Å². The molecular weight excluding hydrogens is 386 g/mol. The lowest BCUT2D eigenvalue weighted by molar-refractivity contribution is 0.0600. The molecule has 0 radical (unpaired) electrons. The van der Waals surface area contributed by atoms with E-state index in [-0.39, 0.29) is 11.9 Å². The van der Waals surface area contributed by atoms with Crippen molar-refractivity contribution in [3.8, 4) is 0 Å². The molecular formula is C27H45NO3. The summed E-state index contributed by atoms with van der Waals surface area (Å²) in [5.41, 5.74) is 1.03. The van der Waals surface area contributed by atoms with E-state index in [0.29, 0.717) is 17.7 Å². The van der Waals surface area contributed by atoms with Crippen molar-refractivity contribution in [2.75, 3.05) is 13.7 Å². The van der Waals surface area contributed by atoms with Gasteiger partial charge in [-0.3, -0.25) is 4.79 Å². The van der Waals surface area contributed by atoms with Gasteiger partial charge in [0.15, 0.2) is 0 Å². The molecule has 1 aromatic rings. The number of benzene rings is 1. The molecule has 0 aliphatic heterocycles. The molecule has 0 spiro atoms. The van der Waals surface area contributed by atoms with E-state index in [9.17, 15) is 9.59 Å². The van der Waals surface area contributed by atoms with E-state index in [4.69, 9.17) is 0 Å². The summed E-state index contributed by atoms with van der Waals surface area (Å²) in [4.78, 5) is 23.5. The van der Waals surface area contributed by atoms with E-state index in [1.165, 1.54) is 103 Å². The highest BCUT2D eigenvalue weighted by molar-refractivity contribution is 5.96. The second kappa shape index (κ2) is 18.9. The third-order valence-corrected chi connectivity index (χ3v) is 5.88. The number of hydrogen-bond donors (Lipinski definition) is 1. The third-order valence-electron chi connectivity index (χ3n) is 5.88. The Bertz CT molecular complexity index is 583. The highest BCUT2D eigenvalue weighted by Gasteiger charge is 2.08. The van der Waals surface area contributed by atoms with Gasteiger partial charge in [0, 0.05) is 12.1 Å². The molecule has 0 bridgehead atoms. The number of esters is 1. The van der Waals surface area contributed by atoms with Crippen LogP contribution in [0.4, 0.5) is 0 Å². The van der Waals surface area contributed by atoms with Gasteiger partial charge in [-0.25, -0.2) is 4.79 Å². The summed E-state index contributed by atoms with van der Waals surface area (Å²) in [5.74, 6) is -0.475. The largest absolute Gasteiger partial charge is 0.465 e. The van der Waals surface area contributed by atoms with E-state index in [1.807, 2.05) is 0 Å². The Labute approximate surface area is 190 Å². The van der Waals surface area contributed by atoms with Crippen molar-refractivity contribution < 1.29 is 14.3 Å². The Morgan fingerprint density at radius 3 is 1.45 bits per heavy atom. The maximum Gasteiger partial charge on any atom is 0.337 e. The van der Waals surface area contributed by atoms with Gasteiger partial charge in [-0.2, -0.15) is 0 Å². The summed E-state index contributed by atoms with van der Waals surface area (Å²) in [7, 11) is 1.35. The van der Waals surface area contributed by atoms with Gasteiger partial charge < -0.3 is 10.1 Å². The Morgan fingerprint density at radius 2 is 1.03 bits per heavy atom. The average Bonchev–Trinajstić information content (AvgIpc) is 2.80. The topological polar surface area (TPSA) is 55.4 Å². The number of unbranched alkanes of at least 4 members (excludes halogenated alkanes) is 15. The smallest absolute Gasteiger partial charge is 0.337 e. The number of hydrogen-bond acceptors (Lipinski definition) is 3. The molecule has 1 amide bonds. The number of carbonyl (C=O) groups is 2. The van der Waals surface area contributed by atoms with Gasteiger partial charge in [0.1, 0.15) is 0 Å². The van der Waals surface area contributed by atoms with E-state index < -0.39 is 0 Å². The van der Waals surface area contributed by atoms with Crippen molar-refractivity contribution in [3.05, 3.63) is 35.4 Å². The van der Waals surface area contributed by atoms with Crippen LogP contribution in [0.15, 0.2) is 24.3 Å². The number of rotatable bonds is 19. The minimum absolute atomic E-state index is 0.0858. The molecule has 0 saturated heterocycles. The van der Waals surface area contributed by atoms with Gasteiger partial charge in [-0.1, -0.05) is 103 Å². The maximum atomic E-state index is 12.1. The van der Waals surface area contributed by atoms with E-state index in [2.05, 4.69) is 17.0 Å². The second-order valence-electron chi connectivity index (χ2n) is 8.63. The lowest BCUT2D eigenvalue weighted by Crippen LogP contribution is -2.24. The molecule has 4 nitrogen and oxygen atoms in total. The van der Waals surface area contributed by atoms with Crippen LogP contribution in [0.25, 0.3) is 0 Å². The molecule has 1 aromatic carbocycles. The number of nitrogens with one attached hydrogen (secondary N) is 1.